The maximum Gasteiger partial charge on any atom is 0.243 e. The zero-order valence-corrected chi connectivity index (χ0v) is 16.0. The van der Waals surface area contributed by atoms with Crippen LogP contribution in [0.15, 0.2) is 70.1 Å². The monoisotopic (exact) mass is 382 g/mol. The first kappa shape index (κ1) is 17.9. The summed E-state index contributed by atoms with van der Waals surface area (Å²) in [5, 5.41) is 3.95. The lowest BCUT2D eigenvalue weighted by Crippen LogP contribution is -2.38. The Morgan fingerprint density at radius 2 is 1.67 bits per heavy atom. The van der Waals surface area contributed by atoms with Gasteiger partial charge in [-0.05, 0) is 31.4 Å². The summed E-state index contributed by atoms with van der Waals surface area (Å²) in [6, 6.07) is 18.8. The van der Waals surface area contributed by atoms with Crippen molar-refractivity contribution in [1.82, 2.24) is 9.46 Å². The number of sulfonamides is 1. The lowest BCUT2D eigenvalue weighted by atomic mass is 9.95. The second-order valence-corrected chi connectivity index (χ2v) is 8.82. The highest BCUT2D eigenvalue weighted by Gasteiger charge is 2.32. The predicted octanol–water partition coefficient (Wildman–Crippen LogP) is 4.22. The van der Waals surface area contributed by atoms with Crippen molar-refractivity contribution in [3.05, 3.63) is 72.1 Å². The maximum atomic E-state index is 13.3. The van der Waals surface area contributed by atoms with Gasteiger partial charge < -0.3 is 4.52 Å². The fraction of sp³-hybridized carbons (Fsp3) is 0.286. The van der Waals surface area contributed by atoms with Gasteiger partial charge in [0.25, 0.3) is 0 Å². The normalized spacial score (nSPS) is 16.5. The van der Waals surface area contributed by atoms with E-state index in [2.05, 4.69) is 5.16 Å². The van der Waals surface area contributed by atoms with Crippen molar-refractivity contribution in [2.75, 3.05) is 13.1 Å². The van der Waals surface area contributed by atoms with E-state index in [0.717, 1.165) is 35.4 Å². The Morgan fingerprint density at radius 1 is 1.00 bits per heavy atom. The lowest BCUT2D eigenvalue weighted by Gasteiger charge is -2.30. The molecule has 1 aliphatic heterocycles. The Kier molecular flexibility index (Phi) is 4.85. The molecule has 0 bridgehead atoms. The van der Waals surface area contributed by atoms with Gasteiger partial charge >= 0.3 is 0 Å². The summed E-state index contributed by atoms with van der Waals surface area (Å²) in [5.74, 6) is 1.08. The molecule has 0 amide bonds. The minimum atomic E-state index is -3.55. The number of hydrogen-bond acceptors (Lipinski definition) is 4. The van der Waals surface area contributed by atoms with Gasteiger partial charge in [-0.3, -0.25) is 0 Å². The molecule has 2 heterocycles. The molecule has 2 aromatic carbocycles. The van der Waals surface area contributed by atoms with Crippen LogP contribution < -0.4 is 0 Å². The third-order valence-electron chi connectivity index (χ3n) is 5.09. The van der Waals surface area contributed by atoms with Crippen molar-refractivity contribution < 1.29 is 12.9 Å². The fourth-order valence-corrected chi connectivity index (χ4v) is 5.33. The molecule has 4 rings (SSSR count). The van der Waals surface area contributed by atoms with E-state index in [4.69, 9.17) is 4.52 Å². The Hall–Kier alpha value is -2.44. The van der Waals surface area contributed by atoms with E-state index >= 15 is 0 Å². The maximum absolute atomic E-state index is 13.3. The topological polar surface area (TPSA) is 63.4 Å². The molecule has 6 heteroatoms. The van der Waals surface area contributed by atoms with E-state index in [1.807, 2.05) is 55.5 Å². The molecule has 140 valence electrons. The molecule has 0 radical (unpaired) electrons. The van der Waals surface area contributed by atoms with Gasteiger partial charge in [-0.25, -0.2) is 8.42 Å². The van der Waals surface area contributed by atoms with Gasteiger partial charge in [0.1, 0.15) is 5.76 Å². The summed E-state index contributed by atoms with van der Waals surface area (Å²) in [4.78, 5) is 0.366. The third kappa shape index (κ3) is 3.55. The van der Waals surface area contributed by atoms with Crippen LogP contribution in [0.4, 0.5) is 0 Å². The molecule has 3 aromatic rings. The second-order valence-electron chi connectivity index (χ2n) is 6.91. The van der Waals surface area contributed by atoms with Gasteiger partial charge in [0, 0.05) is 30.6 Å². The van der Waals surface area contributed by atoms with E-state index < -0.39 is 10.0 Å². The van der Waals surface area contributed by atoms with Gasteiger partial charge in [0.05, 0.1) is 10.6 Å². The fourth-order valence-electron chi connectivity index (χ4n) is 3.64. The number of hydrogen-bond donors (Lipinski definition) is 0. The van der Waals surface area contributed by atoms with E-state index in [0.29, 0.717) is 18.0 Å². The highest BCUT2D eigenvalue weighted by molar-refractivity contribution is 7.89. The van der Waals surface area contributed by atoms with Gasteiger partial charge in [0.15, 0.2) is 0 Å². The average molecular weight is 382 g/mol. The largest absolute Gasteiger partial charge is 0.361 e. The summed E-state index contributed by atoms with van der Waals surface area (Å²) in [7, 11) is -3.55. The lowest BCUT2D eigenvalue weighted by molar-refractivity contribution is 0.275. The molecular formula is C21H22N2O3S. The van der Waals surface area contributed by atoms with Crippen LogP contribution in [0.1, 0.15) is 30.2 Å². The molecule has 5 nitrogen and oxygen atoms in total. The van der Waals surface area contributed by atoms with Gasteiger partial charge in [-0.1, -0.05) is 53.7 Å². The quantitative estimate of drug-likeness (QED) is 0.678. The van der Waals surface area contributed by atoms with Crippen LogP contribution in [-0.2, 0) is 10.0 Å². The first-order valence-corrected chi connectivity index (χ1v) is 10.6. The first-order chi connectivity index (χ1) is 13.1. The highest BCUT2D eigenvalue weighted by Crippen LogP contribution is 2.34. The Labute approximate surface area is 159 Å². The number of aromatic nitrogens is 1. The molecule has 27 heavy (non-hydrogen) atoms. The Morgan fingerprint density at radius 3 is 2.33 bits per heavy atom. The molecule has 0 atom stereocenters. The number of aryl methyl sites for hydroxylation is 1. The number of nitrogens with zero attached hydrogens (tertiary/aromatic N) is 2. The smallest absolute Gasteiger partial charge is 0.243 e. The van der Waals surface area contributed by atoms with Gasteiger partial charge in [-0.2, -0.15) is 4.31 Å². The minimum absolute atomic E-state index is 0.224. The number of rotatable bonds is 4. The summed E-state index contributed by atoms with van der Waals surface area (Å²) >= 11 is 0. The average Bonchev–Trinajstić information content (AvgIpc) is 3.15. The minimum Gasteiger partial charge on any atom is -0.361 e. The van der Waals surface area contributed by atoms with Crippen LogP contribution in [0.5, 0.6) is 0 Å². The molecule has 1 aromatic heterocycles. The molecule has 1 aliphatic rings. The zero-order chi connectivity index (χ0) is 18.9. The summed E-state index contributed by atoms with van der Waals surface area (Å²) in [6.45, 7) is 2.86. The third-order valence-corrected chi connectivity index (χ3v) is 7.05. The predicted molar refractivity (Wildman–Crippen MR) is 104 cm³/mol. The standard InChI is InChI=1S/C21H22N2O3S/c1-16-15-20(26-22-16)18-11-13-23(14-12-18)27(24,25)21-10-6-5-9-19(21)17-7-3-2-4-8-17/h2-10,15,18H,11-14H2,1H3. The van der Waals surface area contributed by atoms with E-state index in [1.165, 1.54) is 0 Å². The SMILES string of the molecule is Cc1cc(C2CCN(S(=O)(=O)c3ccccc3-c3ccccc3)CC2)on1. The van der Waals surface area contributed by atoms with Crippen molar-refractivity contribution in [2.24, 2.45) is 0 Å². The second kappa shape index (κ2) is 7.29. The summed E-state index contributed by atoms with van der Waals surface area (Å²) in [6.07, 6.45) is 1.47. The van der Waals surface area contributed by atoms with Crippen LogP contribution in [0, 0.1) is 6.92 Å². The van der Waals surface area contributed by atoms with Crippen molar-refractivity contribution in [3.8, 4) is 11.1 Å². The van der Waals surface area contributed by atoms with Gasteiger partial charge in [-0.15, -0.1) is 0 Å². The van der Waals surface area contributed by atoms with Crippen LogP contribution in [0.3, 0.4) is 0 Å². The van der Waals surface area contributed by atoms with Crippen LogP contribution >= 0.6 is 0 Å². The van der Waals surface area contributed by atoms with Crippen molar-refractivity contribution >= 4 is 10.0 Å². The van der Waals surface area contributed by atoms with Crippen molar-refractivity contribution in [2.45, 2.75) is 30.6 Å². The molecule has 0 saturated carbocycles. The zero-order valence-electron chi connectivity index (χ0n) is 15.2. The van der Waals surface area contributed by atoms with E-state index in [-0.39, 0.29) is 5.92 Å². The van der Waals surface area contributed by atoms with Gasteiger partial charge in [0.2, 0.25) is 10.0 Å². The van der Waals surface area contributed by atoms with E-state index in [1.54, 1.807) is 16.4 Å². The molecule has 1 saturated heterocycles. The molecule has 1 fully saturated rings. The summed E-state index contributed by atoms with van der Waals surface area (Å²) in [5.41, 5.74) is 2.51. The van der Waals surface area contributed by atoms with Crippen LogP contribution in [0.25, 0.3) is 11.1 Å². The van der Waals surface area contributed by atoms with Crippen molar-refractivity contribution in [3.63, 3.8) is 0 Å². The van der Waals surface area contributed by atoms with E-state index in [9.17, 15) is 8.42 Å². The van der Waals surface area contributed by atoms with Crippen molar-refractivity contribution in [1.29, 1.82) is 0 Å². The molecule has 0 N–H and O–H groups in total. The number of benzene rings is 2. The molecule has 0 spiro atoms. The molecule has 0 unspecified atom stereocenters. The Balaban J connectivity index is 1.58. The van der Waals surface area contributed by atoms with Crippen LogP contribution in [0.2, 0.25) is 0 Å². The first-order valence-electron chi connectivity index (χ1n) is 9.13. The van der Waals surface area contributed by atoms with Crippen LogP contribution in [-0.4, -0.2) is 31.0 Å². The summed E-state index contributed by atoms with van der Waals surface area (Å²) < 4.78 is 33.6. The highest BCUT2D eigenvalue weighted by atomic mass is 32.2. The molecule has 0 aliphatic carbocycles. The number of piperidine rings is 1. The molecular weight excluding hydrogens is 360 g/mol. The Bertz CT molecular complexity index is 1020.